The first-order chi connectivity index (χ1) is 6.61. The second-order valence-electron chi connectivity index (χ2n) is 3.13. The topological polar surface area (TPSA) is 97.6 Å². The molecule has 2 atom stereocenters. The molecule has 0 aliphatic rings. The van der Waals surface area contributed by atoms with Gasteiger partial charge in [0.1, 0.15) is 6.23 Å². The van der Waals surface area contributed by atoms with Crippen molar-refractivity contribution in [3.05, 3.63) is 0 Å². The van der Waals surface area contributed by atoms with Gasteiger partial charge >= 0.3 is 0 Å². The number of amides is 1. The van der Waals surface area contributed by atoms with Crippen LogP contribution in [-0.2, 0) is 4.79 Å². The normalized spacial score (nSPS) is 14.5. The van der Waals surface area contributed by atoms with Gasteiger partial charge < -0.3 is 5.11 Å². The van der Waals surface area contributed by atoms with Crippen molar-refractivity contribution in [1.29, 1.82) is 5.53 Å². The maximum atomic E-state index is 11.3. The van der Waals surface area contributed by atoms with Crippen molar-refractivity contribution in [3.63, 3.8) is 0 Å². The van der Waals surface area contributed by atoms with E-state index in [0.29, 0.717) is 6.42 Å². The maximum Gasteiger partial charge on any atom is 0.258 e. The number of carbonyl (C=O) groups is 1. The van der Waals surface area contributed by atoms with Gasteiger partial charge in [0.25, 0.3) is 5.91 Å². The number of hydrogen-bond donors (Lipinski definition) is 4. The summed E-state index contributed by atoms with van der Waals surface area (Å²) < 4.78 is 0. The monoisotopic (exact) mass is 202 g/mol. The third-order valence-corrected chi connectivity index (χ3v) is 1.77. The van der Waals surface area contributed by atoms with E-state index in [9.17, 15) is 4.79 Å². The Labute approximate surface area is 83.6 Å². The largest absolute Gasteiger partial charge is 0.379 e. The lowest BCUT2D eigenvalue weighted by atomic mass is 10.1. The molecule has 0 saturated carbocycles. The molecule has 0 spiro atoms. The molecule has 0 radical (unpaired) electrons. The van der Waals surface area contributed by atoms with E-state index in [1.165, 1.54) is 0 Å². The van der Waals surface area contributed by atoms with E-state index in [-0.39, 0.29) is 5.91 Å². The Morgan fingerprint density at radius 2 is 2.29 bits per heavy atom. The van der Waals surface area contributed by atoms with E-state index in [2.05, 4.69) is 10.5 Å². The van der Waals surface area contributed by atoms with Crippen LogP contribution < -0.4 is 10.7 Å². The molecule has 1 unspecified atom stereocenters. The first-order valence-corrected chi connectivity index (χ1v) is 4.72. The summed E-state index contributed by atoms with van der Waals surface area (Å²) in [5.74, 6) is -0.380. The molecule has 0 rings (SSSR count). The molecule has 0 aromatic rings. The van der Waals surface area contributed by atoms with Crippen LogP contribution in [0.5, 0.6) is 0 Å². The van der Waals surface area contributed by atoms with Gasteiger partial charge in [-0.15, -0.1) is 0 Å². The highest BCUT2D eigenvalue weighted by Crippen LogP contribution is 2.01. The van der Waals surface area contributed by atoms with E-state index in [1.54, 1.807) is 6.92 Å². The lowest BCUT2D eigenvalue weighted by molar-refractivity contribution is -0.124. The third-order valence-electron chi connectivity index (χ3n) is 1.77. The van der Waals surface area contributed by atoms with Crippen molar-refractivity contribution in [2.75, 3.05) is 0 Å². The lowest BCUT2D eigenvalue weighted by Crippen LogP contribution is -2.46. The van der Waals surface area contributed by atoms with Crippen LogP contribution in [0, 0.1) is 5.53 Å². The summed E-state index contributed by atoms with van der Waals surface area (Å²) in [7, 11) is 0. The minimum Gasteiger partial charge on any atom is -0.379 e. The molecule has 0 aromatic heterocycles. The molecule has 0 aromatic carbocycles. The van der Waals surface area contributed by atoms with Crippen LogP contribution >= 0.6 is 0 Å². The van der Waals surface area contributed by atoms with Crippen LogP contribution in [0.2, 0.25) is 0 Å². The van der Waals surface area contributed by atoms with Crippen LogP contribution in [0.15, 0.2) is 5.22 Å². The van der Waals surface area contributed by atoms with Crippen molar-refractivity contribution in [1.82, 2.24) is 10.7 Å². The molecule has 82 valence electrons. The minimum atomic E-state index is -0.742. The third kappa shape index (κ3) is 5.60. The molecule has 0 aliphatic carbocycles. The molecular formula is C8H18N4O2. The van der Waals surface area contributed by atoms with Crippen molar-refractivity contribution >= 4 is 5.91 Å². The Kier molecular flexibility index (Phi) is 6.87. The Bertz CT molecular complexity index is 184. The first-order valence-electron chi connectivity index (χ1n) is 4.72. The predicted octanol–water partition coefficient (Wildman–Crippen LogP) is 0.535. The van der Waals surface area contributed by atoms with Crippen LogP contribution in [-0.4, -0.2) is 23.3 Å². The van der Waals surface area contributed by atoms with E-state index in [1.807, 2.05) is 12.3 Å². The molecule has 6 nitrogen and oxygen atoms in total. The van der Waals surface area contributed by atoms with Crippen molar-refractivity contribution < 1.29 is 9.90 Å². The van der Waals surface area contributed by atoms with E-state index >= 15 is 0 Å². The van der Waals surface area contributed by atoms with Gasteiger partial charge in [-0.3, -0.25) is 10.1 Å². The molecule has 0 saturated heterocycles. The zero-order chi connectivity index (χ0) is 11.0. The number of aliphatic hydroxyl groups is 1. The number of aliphatic hydroxyl groups excluding tert-OH is 1. The second-order valence-corrected chi connectivity index (χ2v) is 3.13. The first kappa shape index (κ1) is 13.0. The van der Waals surface area contributed by atoms with Gasteiger partial charge in [-0.05, 0) is 13.3 Å². The number of carbonyl (C=O) groups excluding carboxylic acids is 1. The summed E-state index contributed by atoms with van der Waals surface area (Å²) in [4.78, 5) is 11.3. The zero-order valence-electron chi connectivity index (χ0n) is 8.58. The van der Waals surface area contributed by atoms with Crippen molar-refractivity contribution in [3.8, 4) is 0 Å². The quantitative estimate of drug-likeness (QED) is 0.275. The fourth-order valence-corrected chi connectivity index (χ4v) is 1.12. The predicted molar refractivity (Wildman–Crippen MR) is 51.4 cm³/mol. The van der Waals surface area contributed by atoms with Crippen molar-refractivity contribution in [2.45, 2.75) is 45.4 Å². The Morgan fingerprint density at radius 1 is 1.64 bits per heavy atom. The average Bonchev–Trinajstić information content (AvgIpc) is 2.12. The molecule has 4 N–H and O–H groups in total. The fraction of sp³-hybridized carbons (Fsp3) is 0.875. The minimum absolute atomic E-state index is 0.380. The van der Waals surface area contributed by atoms with Gasteiger partial charge in [-0.2, -0.15) is 5.53 Å². The van der Waals surface area contributed by atoms with Gasteiger partial charge in [0.05, 0.1) is 6.04 Å². The number of rotatable bonds is 7. The number of nitrogens with zero attached hydrogens (tertiary/aromatic N) is 1. The number of hydrogen-bond acceptors (Lipinski definition) is 5. The van der Waals surface area contributed by atoms with Gasteiger partial charge in [0.2, 0.25) is 0 Å². The van der Waals surface area contributed by atoms with Gasteiger partial charge in [0.15, 0.2) is 0 Å². The zero-order valence-corrected chi connectivity index (χ0v) is 8.58. The number of unbranched alkanes of at least 4 members (excludes halogenated alkanes) is 1. The summed E-state index contributed by atoms with van der Waals surface area (Å²) in [6.07, 6.45) is 1.75. The van der Waals surface area contributed by atoms with Gasteiger partial charge in [-0.25, -0.2) is 5.43 Å². The standard InChI is InChI=1S/C8H18N4O2/c1-3-4-5-7(10-6(2)13)8(14)11-12-9/h6-7,10,13H,3-5H2,1-2H3,(H2,9,11,14)/t6?,7-/m0/s1. The van der Waals surface area contributed by atoms with Crippen LogP contribution in [0.4, 0.5) is 0 Å². The second kappa shape index (κ2) is 7.40. The van der Waals surface area contributed by atoms with Crippen LogP contribution in [0.1, 0.15) is 33.1 Å². The molecule has 0 bridgehead atoms. The smallest absolute Gasteiger partial charge is 0.258 e. The van der Waals surface area contributed by atoms with E-state index < -0.39 is 12.3 Å². The van der Waals surface area contributed by atoms with Crippen molar-refractivity contribution in [2.24, 2.45) is 5.22 Å². The fourth-order valence-electron chi connectivity index (χ4n) is 1.12. The average molecular weight is 202 g/mol. The van der Waals surface area contributed by atoms with Gasteiger partial charge in [0, 0.05) is 0 Å². The van der Waals surface area contributed by atoms with Crippen LogP contribution in [0.3, 0.4) is 0 Å². The summed E-state index contributed by atoms with van der Waals surface area (Å²) in [6.45, 7) is 3.57. The van der Waals surface area contributed by atoms with E-state index in [0.717, 1.165) is 12.8 Å². The maximum absolute atomic E-state index is 11.3. The molecule has 1 amide bonds. The molecule has 0 fully saturated rings. The van der Waals surface area contributed by atoms with E-state index in [4.69, 9.17) is 10.6 Å². The Balaban J connectivity index is 4.07. The van der Waals surface area contributed by atoms with Gasteiger partial charge in [-0.1, -0.05) is 25.0 Å². The molecule has 14 heavy (non-hydrogen) atoms. The molecular weight excluding hydrogens is 184 g/mol. The Hall–Kier alpha value is -1.01. The summed E-state index contributed by atoms with van der Waals surface area (Å²) in [5, 5.41) is 14.6. The summed E-state index contributed by atoms with van der Waals surface area (Å²) >= 11 is 0. The number of nitrogens with one attached hydrogen (secondary N) is 3. The highest BCUT2D eigenvalue weighted by atomic mass is 16.3. The SMILES string of the molecule is CCCC[C@H](NC(C)O)C(=O)NN=N. The lowest BCUT2D eigenvalue weighted by Gasteiger charge is -2.17. The molecule has 0 aliphatic heterocycles. The van der Waals surface area contributed by atoms with Crippen LogP contribution in [0.25, 0.3) is 0 Å². The molecule has 6 heteroatoms. The Morgan fingerprint density at radius 3 is 2.71 bits per heavy atom. The summed E-state index contributed by atoms with van der Waals surface area (Å²) in [5.41, 5.74) is 8.53. The highest BCUT2D eigenvalue weighted by molar-refractivity contribution is 5.81. The highest BCUT2D eigenvalue weighted by Gasteiger charge is 2.18. The summed E-state index contributed by atoms with van der Waals surface area (Å²) in [6, 6.07) is -0.482. The molecule has 0 heterocycles.